The van der Waals surface area contributed by atoms with Crippen LogP contribution in [0.3, 0.4) is 0 Å². The lowest BCUT2D eigenvalue weighted by Crippen LogP contribution is -2.33. The van der Waals surface area contributed by atoms with Gasteiger partial charge in [0.15, 0.2) is 0 Å². The Hall–Kier alpha value is -3.07. The molecule has 1 saturated heterocycles. The summed E-state index contributed by atoms with van der Waals surface area (Å²) in [5.74, 6) is -1.95. The Morgan fingerprint density at radius 1 is 1.28 bits per heavy atom. The number of amides is 1. The fourth-order valence-electron chi connectivity index (χ4n) is 4.74. The molecule has 0 radical (unpaired) electrons. The van der Waals surface area contributed by atoms with Crippen LogP contribution >= 0.6 is 0 Å². The Kier molecular flexibility index (Phi) is 6.10. The molecule has 0 spiro atoms. The maximum Gasteiger partial charge on any atom is 0.303 e. The number of carboxylic acids is 1. The highest BCUT2D eigenvalue weighted by atomic mass is 32.2. The number of hydrogen-bond acceptors (Lipinski definition) is 5. The van der Waals surface area contributed by atoms with Gasteiger partial charge in [0.25, 0.3) is 5.91 Å². The molecule has 9 heteroatoms. The van der Waals surface area contributed by atoms with Gasteiger partial charge in [-0.1, -0.05) is 0 Å². The van der Waals surface area contributed by atoms with Gasteiger partial charge in [-0.05, 0) is 75.3 Å². The summed E-state index contributed by atoms with van der Waals surface area (Å²) < 4.78 is 24.4. The molecule has 1 fully saturated rings. The molecule has 1 unspecified atom stereocenters. The number of aromatic amines is 1. The van der Waals surface area contributed by atoms with Gasteiger partial charge in [-0.2, -0.15) is 8.42 Å². The van der Waals surface area contributed by atoms with E-state index in [0.717, 1.165) is 42.5 Å². The molecular formula is C23H27N3O5S. The lowest BCUT2D eigenvalue weighted by Gasteiger charge is -2.22. The number of H-pyrrole nitrogens is 1. The van der Waals surface area contributed by atoms with E-state index in [4.69, 9.17) is 0 Å². The number of rotatable bonds is 6. The predicted molar refractivity (Wildman–Crippen MR) is 121 cm³/mol. The van der Waals surface area contributed by atoms with Crippen molar-refractivity contribution in [3.8, 4) is 0 Å². The van der Waals surface area contributed by atoms with E-state index in [2.05, 4.69) is 15.6 Å². The Bertz CT molecular complexity index is 1210. The molecule has 32 heavy (non-hydrogen) atoms. The molecule has 0 bridgehead atoms. The zero-order valence-corrected chi connectivity index (χ0v) is 18.9. The van der Waals surface area contributed by atoms with Crippen molar-refractivity contribution >= 4 is 33.1 Å². The van der Waals surface area contributed by atoms with Gasteiger partial charge < -0.3 is 20.7 Å². The van der Waals surface area contributed by atoms with Crippen LogP contribution in [0.4, 0.5) is 0 Å². The summed E-state index contributed by atoms with van der Waals surface area (Å²) in [6.07, 6.45) is 9.32. The van der Waals surface area contributed by atoms with Crippen LogP contribution in [0.5, 0.6) is 0 Å². The molecule has 0 saturated carbocycles. The van der Waals surface area contributed by atoms with Gasteiger partial charge in [0.05, 0.1) is 11.6 Å². The average molecular weight is 458 g/mol. The van der Waals surface area contributed by atoms with Gasteiger partial charge in [-0.25, -0.2) is 0 Å². The van der Waals surface area contributed by atoms with Crippen LogP contribution in [0, 0.1) is 5.92 Å². The first kappa shape index (κ1) is 22.1. The van der Waals surface area contributed by atoms with Crippen molar-refractivity contribution in [1.29, 1.82) is 0 Å². The third-order valence-corrected chi connectivity index (χ3v) is 6.87. The normalized spacial score (nSPS) is 21.1. The summed E-state index contributed by atoms with van der Waals surface area (Å²) in [4.78, 5) is 27.6. The van der Waals surface area contributed by atoms with E-state index in [9.17, 15) is 23.1 Å². The topological polar surface area (TPSA) is 128 Å². The van der Waals surface area contributed by atoms with E-state index in [1.165, 1.54) is 0 Å². The van der Waals surface area contributed by atoms with Crippen molar-refractivity contribution < 1.29 is 23.1 Å². The van der Waals surface area contributed by atoms with Gasteiger partial charge in [-0.3, -0.25) is 9.59 Å². The molecule has 1 aromatic rings. The molecule has 4 rings (SSSR count). The molecule has 170 valence electrons. The fourth-order valence-corrected chi connectivity index (χ4v) is 5.50. The van der Waals surface area contributed by atoms with Crippen molar-refractivity contribution in [3.63, 3.8) is 0 Å². The maximum absolute atomic E-state index is 12.9. The Balaban J connectivity index is 1.81. The van der Waals surface area contributed by atoms with Crippen LogP contribution in [-0.2, 0) is 39.1 Å². The van der Waals surface area contributed by atoms with Crippen molar-refractivity contribution in [2.24, 2.45) is 5.92 Å². The number of aryl methyl sites for hydroxylation is 1. The molecule has 1 atom stereocenters. The van der Waals surface area contributed by atoms with Gasteiger partial charge in [0.1, 0.15) is 4.86 Å². The predicted octanol–water partition coefficient (Wildman–Crippen LogP) is 1.87. The highest BCUT2D eigenvalue weighted by molar-refractivity contribution is 7.73. The van der Waals surface area contributed by atoms with E-state index >= 15 is 0 Å². The van der Waals surface area contributed by atoms with Gasteiger partial charge >= 0.3 is 5.97 Å². The number of allylic oxidation sites excluding steroid dienone is 4. The quantitative estimate of drug-likeness (QED) is 0.381. The van der Waals surface area contributed by atoms with Crippen molar-refractivity contribution in [1.82, 2.24) is 15.6 Å². The summed E-state index contributed by atoms with van der Waals surface area (Å²) in [7, 11) is -2.54. The fraction of sp³-hybridized carbons (Fsp3) is 0.435. The highest BCUT2D eigenvalue weighted by Crippen LogP contribution is 2.36. The molecule has 4 N–H and O–H groups in total. The van der Waals surface area contributed by atoms with Crippen LogP contribution in [0.2, 0.25) is 0 Å². The van der Waals surface area contributed by atoms with Crippen LogP contribution in [0.1, 0.15) is 55.6 Å². The molecule has 1 aliphatic heterocycles. The van der Waals surface area contributed by atoms with Crippen LogP contribution in [0.25, 0.3) is 6.08 Å². The molecule has 1 aromatic heterocycles. The number of carbonyl (C=O) groups excluding carboxylic acids is 1. The second-order valence-corrected chi connectivity index (χ2v) is 9.57. The van der Waals surface area contributed by atoms with Crippen LogP contribution in [-0.4, -0.2) is 41.3 Å². The summed E-state index contributed by atoms with van der Waals surface area (Å²) in [5, 5.41) is 15.2. The number of aliphatic carboxylic acids is 1. The molecule has 2 heterocycles. The van der Waals surface area contributed by atoms with E-state index in [1.807, 2.05) is 13.8 Å². The molecule has 1 amide bonds. The summed E-state index contributed by atoms with van der Waals surface area (Å²) in [6, 6.07) is 0.0185. The summed E-state index contributed by atoms with van der Waals surface area (Å²) in [5.41, 5.74) is 5.17. The number of hydrogen-bond donors (Lipinski definition) is 4. The van der Waals surface area contributed by atoms with Crippen molar-refractivity contribution in [2.75, 3.05) is 0 Å². The van der Waals surface area contributed by atoms with E-state index in [0.29, 0.717) is 29.1 Å². The lowest BCUT2D eigenvalue weighted by molar-refractivity contribution is -0.137. The summed E-state index contributed by atoms with van der Waals surface area (Å²) >= 11 is 0. The van der Waals surface area contributed by atoms with E-state index in [1.54, 1.807) is 18.2 Å². The maximum atomic E-state index is 12.9. The number of aromatic nitrogens is 1. The molecule has 3 aliphatic rings. The molecule has 0 aromatic carbocycles. The molecule has 8 nitrogen and oxygen atoms in total. The number of nitrogens with one attached hydrogen (secondary N) is 3. The first-order valence-electron chi connectivity index (χ1n) is 10.9. The van der Waals surface area contributed by atoms with Gasteiger partial charge in [-0.15, -0.1) is 0 Å². The van der Waals surface area contributed by atoms with Crippen LogP contribution < -0.4 is 10.6 Å². The number of carboxylic acid groups (broad SMARTS) is 1. The van der Waals surface area contributed by atoms with Gasteiger partial charge in [0, 0.05) is 35.1 Å². The minimum absolute atomic E-state index is 0.00556. The highest BCUT2D eigenvalue weighted by Gasteiger charge is 2.40. The lowest BCUT2D eigenvalue weighted by atomic mass is 9.88. The molecular weight excluding hydrogens is 430 g/mol. The Labute approximate surface area is 188 Å². The number of fused-ring (bicyclic) bond motifs is 2. The minimum Gasteiger partial charge on any atom is -0.481 e. The monoisotopic (exact) mass is 457 g/mol. The van der Waals surface area contributed by atoms with Crippen LogP contribution in [0.15, 0.2) is 29.1 Å². The SMILES string of the molecule is CC(C)NC1=CC=C2NC(=O)C(=Cc3[nH]c4c(c3CCC(=O)O)CCCC4)C2C1=S(=O)=O. The Morgan fingerprint density at radius 2 is 2.03 bits per heavy atom. The van der Waals surface area contributed by atoms with Crippen molar-refractivity contribution in [2.45, 2.75) is 58.4 Å². The van der Waals surface area contributed by atoms with Gasteiger partial charge in [0.2, 0.25) is 10.3 Å². The second kappa shape index (κ2) is 8.82. The summed E-state index contributed by atoms with van der Waals surface area (Å²) in [6.45, 7) is 3.83. The zero-order chi connectivity index (χ0) is 23.0. The van der Waals surface area contributed by atoms with E-state index < -0.39 is 22.2 Å². The largest absolute Gasteiger partial charge is 0.481 e. The average Bonchev–Trinajstić information content (AvgIpc) is 3.23. The third kappa shape index (κ3) is 4.17. The Morgan fingerprint density at radius 3 is 2.72 bits per heavy atom. The second-order valence-electron chi connectivity index (χ2n) is 8.66. The minimum atomic E-state index is -2.54. The third-order valence-electron chi connectivity index (χ3n) is 6.05. The standard InChI is InChI=1S/C23H27N3O5S/c1-12(2)24-18-9-8-17-21(22(18)32(30)31)15(23(29)26-17)11-19-14(7-10-20(27)28)13-5-3-4-6-16(13)25-19/h8-9,11-12,21,24-25H,3-7,10H2,1-2H3,(H,26,29)(H,27,28). The zero-order valence-electron chi connectivity index (χ0n) is 18.1. The van der Waals surface area contributed by atoms with E-state index in [-0.39, 0.29) is 23.2 Å². The number of carbonyl (C=O) groups is 2. The molecule has 2 aliphatic carbocycles. The smallest absolute Gasteiger partial charge is 0.303 e. The van der Waals surface area contributed by atoms with Crippen molar-refractivity contribution in [3.05, 3.63) is 51.6 Å². The first-order valence-corrected chi connectivity index (χ1v) is 12.0. The first-order chi connectivity index (χ1) is 15.3.